The molecular weight excluding hydrogens is 144 g/mol. The van der Waals surface area contributed by atoms with Crippen molar-refractivity contribution in [2.24, 2.45) is 15.6 Å². The van der Waals surface area contributed by atoms with Gasteiger partial charge in [-0.3, -0.25) is 0 Å². The van der Waals surface area contributed by atoms with Crippen LogP contribution in [0.1, 0.15) is 13.3 Å². The first-order valence-electron chi connectivity index (χ1n) is 3.13. The highest BCUT2D eigenvalue weighted by molar-refractivity contribution is 5.23. The minimum Gasteiger partial charge on any atom is -0.347 e. The normalized spacial score (nSPS) is 18.5. The minimum atomic E-state index is -1.76. The average Bonchev–Trinajstić information content (AvgIpc) is 2.74. The summed E-state index contributed by atoms with van der Waals surface area (Å²) in [6, 6.07) is 3.44. The number of nitriles is 2. The summed E-state index contributed by atoms with van der Waals surface area (Å²) in [5, 5.41) is 33.0. The maximum absolute atomic E-state index is 9.26. The van der Waals surface area contributed by atoms with E-state index in [9.17, 15) is 5.11 Å². The van der Waals surface area contributed by atoms with Crippen LogP contribution in [-0.2, 0) is 0 Å². The number of aliphatic hydroxyl groups is 1. The lowest BCUT2D eigenvalue weighted by Crippen LogP contribution is -2.35. The molecule has 1 rings (SSSR count). The zero-order chi connectivity index (χ0) is 8.54. The van der Waals surface area contributed by atoms with Crippen LogP contribution >= 0.6 is 0 Å². The summed E-state index contributed by atoms with van der Waals surface area (Å²) in [6.07, 6.45) is 0.212. The molecule has 0 aromatic carbocycles. The van der Waals surface area contributed by atoms with Crippen LogP contribution in [0.25, 0.3) is 0 Å². The molecule has 0 unspecified atom stereocenters. The fourth-order valence-electron chi connectivity index (χ4n) is 0.788. The van der Waals surface area contributed by atoms with Crippen LogP contribution < -0.4 is 0 Å². The summed E-state index contributed by atoms with van der Waals surface area (Å²) in [7, 11) is 0. The molecule has 56 valence electrons. The lowest BCUT2D eigenvalue weighted by Gasteiger charge is -2.16. The van der Waals surface area contributed by atoms with Crippen molar-refractivity contribution in [3.63, 3.8) is 0 Å². The SMILES string of the molecule is CCC(C#N)(C#N)C1(O)N=N1. The summed E-state index contributed by atoms with van der Waals surface area (Å²) in [6.45, 7) is 1.63. The van der Waals surface area contributed by atoms with E-state index in [-0.39, 0.29) is 6.42 Å². The van der Waals surface area contributed by atoms with E-state index >= 15 is 0 Å². The molecule has 0 aromatic heterocycles. The second kappa shape index (κ2) is 2.01. The largest absolute Gasteiger partial charge is 0.347 e. The van der Waals surface area contributed by atoms with Crippen LogP contribution in [-0.4, -0.2) is 11.0 Å². The summed E-state index contributed by atoms with van der Waals surface area (Å²) in [4.78, 5) is 0. The Kier molecular flexibility index (Phi) is 1.40. The van der Waals surface area contributed by atoms with Crippen LogP contribution in [0.4, 0.5) is 0 Å². The van der Waals surface area contributed by atoms with Gasteiger partial charge in [0.2, 0.25) is 5.41 Å². The molecule has 0 spiro atoms. The predicted molar refractivity (Wildman–Crippen MR) is 33.8 cm³/mol. The van der Waals surface area contributed by atoms with Crippen LogP contribution in [0.5, 0.6) is 0 Å². The Balaban J connectivity index is 2.95. The molecule has 5 nitrogen and oxygen atoms in total. The van der Waals surface area contributed by atoms with E-state index in [1.807, 2.05) is 0 Å². The second-order valence-electron chi connectivity index (χ2n) is 2.32. The third kappa shape index (κ3) is 0.787. The Morgan fingerprint density at radius 2 is 1.91 bits per heavy atom. The monoisotopic (exact) mass is 150 g/mol. The highest BCUT2D eigenvalue weighted by Crippen LogP contribution is 2.44. The molecule has 0 radical (unpaired) electrons. The maximum Gasteiger partial charge on any atom is 0.323 e. The second-order valence-corrected chi connectivity index (χ2v) is 2.32. The molecule has 0 atom stereocenters. The van der Waals surface area contributed by atoms with Gasteiger partial charge in [-0.25, -0.2) is 0 Å². The smallest absolute Gasteiger partial charge is 0.323 e. The van der Waals surface area contributed by atoms with E-state index in [4.69, 9.17) is 10.5 Å². The molecule has 1 aliphatic heterocycles. The lowest BCUT2D eigenvalue weighted by atomic mass is 9.84. The van der Waals surface area contributed by atoms with Crippen molar-refractivity contribution in [1.29, 1.82) is 10.5 Å². The third-order valence-corrected chi connectivity index (χ3v) is 1.77. The Bertz CT molecular complexity index is 262. The quantitative estimate of drug-likeness (QED) is 0.622. The van der Waals surface area contributed by atoms with E-state index in [0.29, 0.717) is 0 Å². The first kappa shape index (κ1) is 7.64. The molecule has 0 aromatic rings. The molecule has 11 heavy (non-hydrogen) atoms. The number of hydrogen-bond acceptors (Lipinski definition) is 5. The lowest BCUT2D eigenvalue weighted by molar-refractivity contribution is 0.0502. The summed E-state index contributed by atoms with van der Waals surface area (Å²) >= 11 is 0. The highest BCUT2D eigenvalue weighted by atomic mass is 16.4. The molecule has 0 amide bonds. The topological polar surface area (TPSA) is 92.5 Å². The van der Waals surface area contributed by atoms with E-state index in [2.05, 4.69) is 10.2 Å². The van der Waals surface area contributed by atoms with Gasteiger partial charge >= 0.3 is 5.85 Å². The summed E-state index contributed by atoms with van der Waals surface area (Å²) < 4.78 is 0. The first-order chi connectivity index (χ1) is 5.14. The van der Waals surface area contributed by atoms with E-state index in [0.717, 1.165) is 0 Å². The average molecular weight is 150 g/mol. The molecule has 1 heterocycles. The van der Waals surface area contributed by atoms with Crippen molar-refractivity contribution in [3.8, 4) is 12.1 Å². The van der Waals surface area contributed by atoms with Crippen molar-refractivity contribution in [3.05, 3.63) is 0 Å². The Morgan fingerprint density at radius 1 is 1.45 bits per heavy atom. The van der Waals surface area contributed by atoms with Gasteiger partial charge in [0.05, 0.1) is 12.1 Å². The molecule has 0 aliphatic carbocycles. The van der Waals surface area contributed by atoms with Crippen molar-refractivity contribution in [2.75, 3.05) is 0 Å². The molecule has 0 saturated heterocycles. The van der Waals surface area contributed by atoms with Gasteiger partial charge in [0, 0.05) is 0 Å². The van der Waals surface area contributed by atoms with E-state index < -0.39 is 11.3 Å². The fourth-order valence-corrected chi connectivity index (χ4v) is 0.788. The predicted octanol–water partition coefficient (Wildman–Crippen LogP) is 0.542. The molecule has 1 aliphatic rings. The van der Waals surface area contributed by atoms with Crippen molar-refractivity contribution >= 4 is 0 Å². The first-order valence-corrected chi connectivity index (χ1v) is 3.13. The molecular formula is C6H6N4O. The van der Waals surface area contributed by atoms with Crippen molar-refractivity contribution < 1.29 is 5.11 Å². The van der Waals surface area contributed by atoms with E-state index in [1.165, 1.54) is 0 Å². The van der Waals surface area contributed by atoms with Crippen LogP contribution in [0.15, 0.2) is 10.2 Å². The van der Waals surface area contributed by atoms with Crippen LogP contribution in [0, 0.1) is 28.1 Å². The van der Waals surface area contributed by atoms with Crippen LogP contribution in [0.2, 0.25) is 0 Å². The third-order valence-electron chi connectivity index (χ3n) is 1.77. The van der Waals surface area contributed by atoms with Gasteiger partial charge in [-0.1, -0.05) is 6.92 Å². The zero-order valence-electron chi connectivity index (χ0n) is 5.94. The van der Waals surface area contributed by atoms with Crippen LogP contribution in [0.3, 0.4) is 0 Å². The maximum atomic E-state index is 9.26. The Hall–Kier alpha value is -1.46. The van der Waals surface area contributed by atoms with Crippen molar-refractivity contribution in [1.82, 2.24) is 0 Å². The molecule has 0 bridgehead atoms. The summed E-state index contributed by atoms with van der Waals surface area (Å²) in [5.74, 6) is -1.76. The fraction of sp³-hybridized carbons (Fsp3) is 0.667. The van der Waals surface area contributed by atoms with Gasteiger partial charge in [0.25, 0.3) is 0 Å². The van der Waals surface area contributed by atoms with Gasteiger partial charge in [0.15, 0.2) is 0 Å². The highest BCUT2D eigenvalue weighted by Gasteiger charge is 2.59. The zero-order valence-corrected chi connectivity index (χ0v) is 5.94. The Labute approximate surface area is 63.6 Å². The van der Waals surface area contributed by atoms with E-state index in [1.54, 1.807) is 19.1 Å². The molecule has 0 saturated carbocycles. The Morgan fingerprint density at radius 3 is 2.00 bits per heavy atom. The number of rotatable bonds is 2. The van der Waals surface area contributed by atoms with Gasteiger partial charge in [-0.05, 0) is 6.42 Å². The van der Waals surface area contributed by atoms with Gasteiger partial charge in [-0.15, -0.1) is 10.2 Å². The van der Waals surface area contributed by atoms with Gasteiger partial charge in [0.1, 0.15) is 0 Å². The minimum absolute atomic E-state index is 0.212. The van der Waals surface area contributed by atoms with Crippen molar-refractivity contribution in [2.45, 2.75) is 19.2 Å². The van der Waals surface area contributed by atoms with Gasteiger partial charge < -0.3 is 5.11 Å². The number of nitrogens with zero attached hydrogens (tertiary/aromatic N) is 4. The standard InChI is InChI=1S/C6H6N4O/c1-2-5(3-7,4-8)6(11)9-10-6/h11H,2H2,1H3. The molecule has 5 heteroatoms. The number of hydrogen-bond donors (Lipinski definition) is 1. The molecule has 1 N–H and O–H groups in total. The molecule has 0 fully saturated rings. The summed E-state index contributed by atoms with van der Waals surface area (Å²) in [5.41, 5.74) is -1.49. The van der Waals surface area contributed by atoms with Gasteiger partial charge in [-0.2, -0.15) is 10.5 Å².